The van der Waals surface area contributed by atoms with Gasteiger partial charge in [-0.3, -0.25) is 9.69 Å². The summed E-state index contributed by atoms with van der Waals surface area (Å²) in [6.45, 7) is 3.40. The molecule has 1 aromatic rings. The molecule has 1 spiro atoms. The number of hydrogen-bond acceptors (Lipinski definition) is 6. The molecular formula is C23H30N2O5. The lowest BCUT2D eigenvalue weighted by atomic mass is 9.70. The summed E-state index contributed by atoms with van der Waals surface area (Å²) in [6.07, 6.45) is 6.14. The summed E-state index contributed by atoms with van der Waals surface area (Å²) < 4.78 is 15.9. The van der Waals surface area contributed by atoms with E-state index in [1.54, 1.807) is 7.11 Å². The summed E-state index contributed by atoms with van der Waals surface area (Å²) in [4.78, 5) is 27.6. The Morgan fingerprint density at radius 3 is 2.90 bits per heavy atom. The van der Waals surface area contributed by atoms with Gasteiger partial charge in [0, 0.05) is 35.8 Å². The Hall–Kier alpha value is -2.54. The van der Waals surface area contributed by atoms with Gasteiger partial charge in [-0.25, -0.2) is 4.79 Å². The zero-order valence-electron chi connectivity index (χ0n) is 17.8. The van der Waals surface area contributed by atoms with Crippen LogP contribution in [-0.4, -0.2) is 56.2 Å². The Labute approximate surface area is 177 Å². The molecule has 0 aliphatic carbocycles. The molecule has 1 aromatic carbocycles. The maximum Gasteiger partial charge on any atom is 0.333 e. The van der Waals surface area contributed by atoms with Crippen molar-refractivity contribution in [3.05, 3.63) is 36.1 Å². The van der Waals surface area contributed by atoms with Gasteiger partial charge in [-0.2, -0.15) is 0 Å². The monoisotopic (exact) mass is 414 g/mol. The lowest BCUT2D eigenvalue weighted by Gasteiger charge is -2.46. The molecule has 7 nitrogen and oxygen atoms in total. The molecule has 0 bridgehead atoms. The van der Waals surface area contributed by atoms with Crippen molar-refractivity contribution >= 4 is 17.6 Å². The van der Waals surface area contributed by atoms with E-state index >= 15 is 0 Å². The van der Waals surface area contributed by atoms with Gasteiger partial charge in [-0.1, -0.05) is 13.0 Å². The number of benzene rings is 1. The zero-order chi connectivity index (χ0) is 21.3. The predicted octanol–water partition coefficient (Wildman–Crippen LogP) is 2.85. The Morgan fingerprint density at radius 1 is 1.33 bits per heavy atom. The minimum absolute atomic E-state index is 0.0823. The Balaban J connectivity index is 1.57. The molecule has 4 atom stereocenters. The SMILES string of the molecule is CC[C@@H]1[C@@H](COC(=O)/C=C/OC)CCC2N1CC[C@@]21C(=O)Nc2cccc(OC)c21. The molecule has 3 aliphatic rings. The van der Waals surface area contributed by atoms with Crippen molar-refractivity contribution in [2.75, 3.05) is 32.7 Å². The Bertz CT molecular complexity index is 854. The van der Waals surface area contributed by atoms with Crippen LogP contribution in [0, 0.1) is 5.92 Å². The number of methoxy groups -OCH3 is 2. The van der Waals surface area contributed by atoms with E-state index in [2.05, 4.69) is 17.1 Å². The van der Waals surface area contributed by atoms with Gasteiger partial charge in [0.25, 0.3) is 0 Å². The van der Waals surface area contributed by atoms with Gasteiger partial charge in [-0.05, 0) is 37.8 Å². The van der Waals surface area contributed by atoms with Crippen LogP contribution in [0.5, 0.6) is 5.75 Å². The van der Waals surface area contributed by atoms with Crippen molar-refractivity contribution in [3.63, 3.8) is 0 Å². The highest BCUT2D eigenvalue weighted by atomic mass is 16.5. The Morgan fingerprint density at radius 2 is 2.17 bits per heavy atom. The topological polar surface area (TPSA) is 77.1 Å². The highest BCUT2D eigenvalue weighted by molar-refractivity contribution is 6.08. The third-order valence-electron chi connectivity index (χ3n) is 7.06. The van der Waals surface area contributed by atoms with Gasteiger partial charge in [0.15, 0.2) is 0 Å². The highest BCUT2D eigenvalue weighted by Gasteiger charge is 2.61. The summed E-state index contributed by atoms with van der Waals surface area (Å²) in [6, 6.07) is 6.22. The molecule has 2 saturated heterocycles. The van der Waals surface area contributed by atoms with E-state index in [0.717, 1.165) is 49.2 Å². The van der Waals surface area contributed by atoms with Gasteiger partial charge in [0.2, 0.25) is 5.91 Å². The first-order valence-electron chi connectivity index (χ1n) is 10.7. The first-order chi connectivity index (χ1) is 14.6. The smallest absolute Gasteiger partial charge is 0.333 e. The lowest BCUT2D eigenvalue weighted by Crippen LogP contribution is -2.55. The number of carbonyl (C=O) groups excluding carboxylic acids is 2. The van der Waals surface area contributed by atoms with Gasteiger partial charge in [0.1, 0.15) is 5.75 Å². The Kier molecular flexibility index (Phi) is 5.73. The molecule has 1 N–H and O–H groups in total. The standard InChI is InChI=1S/C23H30N2O5/c1-4-17-15(14-30-20(26)10-13-28-2)8-9-19-23(11-12-25(17)19)21-16(24-22(23)27)6-5-7-18(21)29-3/h5-7,10,13,15,17,19H,4,8-9,11-12,14H2,1-3H3,(H,24,27)/b13-10+/t15-,17-,19?,23-/m1/s1. The van der Waals surface area contributed by atoms with Crippen LogP contribution in [0.15, 0.2) is 30.5 Å². The third kappa shape index (κ3) is 3.16. The molecule has 162 valence electrons. The molecule has 7 heteroatoms. The third-order valence-corrected chi connectivity index (χ3v) is 7.06. The zero-order valence-corrected chi connectivity index (χ0v) is 17.8. The second kappa shape index (κ2) is 8.30. The summed E-state index contributed by atoms with van der Waals surface area (Å²) in [5.74, 6) is 0.726. The predicted molar refractivity (Wildman–Crippen MR) is 112 cm³/mol. The minimum atomic E-state index is -0.571. The second-order valence-corrected chi connectivity index (χ2v) is 8.29. The molecule has 1 unspecified atom stereocenters. The van der Waals surface area contributed by atoms with E-state index in [1.807, 2.05) is 18.2 Å². The van der Waals surface area contributed by atoms with Crippen molar-refractivity contribution in [1.29, 1.82) is 0 Å². The highest BCUT2D eigenvalue weighted by Crippen LogP contribution is 2.55. The van der Waals surface area contributed by atoms with E-state index in [0.29, 0.717) is 6.61 Å². The van der Waals surface area contributed by atoms with E-state index in [1.165, 1.54) is 19.4 Å². The first kappa shape index (κ1) is 20.7. The van der Waals surface area contributed by atoms with Crippen LogP contribution in [-0.2, 0) is 24.5 Å². The molecule has 0 radical (unpaired) electrons. The van der Waals surface area contributed by atoms with Crippen LogP contribution in [0.2, 0.25) is 0 Å². The lowest BCUT2D eigenvalue weighted by molar-refractivity contribution is -0.141. The number of nitrogens with zero attached hydrogens (tertiary/aromatic N) is 1. The molecule has 0 saturated carbocycles. The van der Waals surface area contributed by atoms with Crippen molar-refractivity contribution in [2.45, 2.75) is 50.1 Å². The van der Waals surface area contributed by atoms with Crippen molar-refractivity contribution < 1.29 is 23.8 Å². The number of esters is 1. The average Bonchev–Trinajstić information content (AvgIpc) is 3.29. The van der Waals surface area contributed by atoms with E-state index in [4.69, 9.17) is 14.2 Å². The normalized spacial score (nSPS) is 30.2. The van der Waals surface area contributed by atoms with E-state index in [-0.39, 0.29) is 29.9 Å². The molecule has 3 aliphatic heterocycles. The van der Waals surface area contributed by atoms with Gasteiger partial charge < -0.3 is 19.5 Å². The van der Waals surface area contributed by atoms with Crippen molar-refractivity contribution in [3.8, 4) is 5.75 Å². The summed E-state index contributed by atoms with van der Waals surface area (Å²) in [7, 11) is 3.16. The maximum atomic E-state index is 13.3. The average molecular weight is 415 g/mol. The fourth-order valence-electron chi connectivity index (χ4n) is 5.85. The number of piperidine rings is 1. The number of nitrogens with one attached hydrogen (secondary N) is 1. The van der Waals surface area contributed by atoms with Crippen molar-refractivity contribution in [2.24, 2.45) is 5.92 Å². The molecule has 4 rings (SSSR count). The number of rotatable bonds is 6. The fraction of sp³-hybridized carbons (Fsp3) is 0.565. The number of anilines is 1. The van der Waals surface area contributed by atoms with Gasteiger partial charge >= 0.3 is 5.97 Å². The number of ether oxygens (including phenoxy) is 3. The fourth-order valence-corrected chi connectivity index (χ4v) is 5.85. The second-order valence-electron chi connectivity index (χ2n) is 8.29. The summed E-state index contributed by atoms with van der Waals surface area (Å²) in [5.41, 5.74) is 1.31. The van der Waals surface area contributed by atoms with Crippen molar-refractivity contribution in [1.82, 2.24) is 4.90 Å². The first-order valence-corrected chi connectivity index (χ1v) is 10.7. The summed E-state index contributed by atoms with van der Waals surface area (Å²) >= 11 is 0. The van der Waals surface area contributed by atoms with Crippen LogP contribution in [0.25, 0.3) is 0 Å². The van der Waals surface area contributed by atoms with E-state index in [9.17, 15) is 9.59 Å². The van der Waals surface area contributed by atoms with Crippen LogP contribution in [0.1, 0.15) is 38.2 Å². The largest absolute Gasteiger partial charge is 0.504 e. The molecular weight excluding hydrogens is 384 g/mol. The molecule has 0 aromatic heterocycles. The summed E-state index contributed by atoms with van der Waals surface area (Å²) in [5, 5.41) is 3.11. The van der Waals surface area contributed by atoms with Crippen LogP contribution in [0.3, 0.4) is 0 Å². The quantitative estimate of drug-likeness (QED) is 0.438. The van der Waals surface area contributed by atoms with Gasteiger partial charge in [0.05, 0.1) is 38.6 Å². The molecule has 1 amide bonds. The molecule has 30 heavy (non-hydrogen) atoms. The van der Waals surface area contributed by atoms with E-state index < -0.39 is 5.41 Å². The number of hydrogen-bond donors (Lipinski definition) is 1. The molecule has 3 heterocycles. The van der Waals surface area contributed by atoms with Crippen LogP contribution < -0.4 is 10.1 Å². The van der Waals surface area contributed by atoms with Crippen LogP contribution in [0.4, 0.5) is 5.69 Å². The minimum Gasteiger partial charge on any atom is -0.504 e. The maximum absolute atomic E-state index is 13.3. The van der Waals surface area contributed by atoms with Gasteiger partial charge in [-0.15, -0.1) is 0 Å². The number of carbonyl (C=O) groups is 2. The van der Waals surface area contributed by atoms with Crippen LogP contribution >= 0.6 is 0 Å². The number of fused-ring (bicyclic) bond motifs is 4. The number of amides is 1. The molecule has 2 fully saturated rings.